The fourth-order valence-corrected chi connectivity index (χ4v) is 5.19. The SMILES string of the molecule is Cc1onc(C(C)C)c1-c1cc(F)ccc1Nc1cncnc1N1CCN(CC2CCOCC2)CC1. The zero-order valence-corrected chi connectivity index (χ0v) is 21.3. The molecule has 2 aromatic heterocycles. The number of aryl methyl sites for hydroxylation is 1. The van der Waals surface area contributed by atoms with Crippen LogP contribution in [-0.4, -0.2) is 66.0 Å². The van der Waals surface area contributed by atoms with Crippen LogP contribution in [-0.2, 0) is 4.74 Å². The predicted molar refractivity (Wildman–Crippen MR) is 138 cm³/mol. The smallest absolute Gasteiger partial charge is 0.155 e. The van der Waals surface area contributed by atoms with Crippen molar-refractivity contribution in [3.8, 4) is 11.1 Å². The van der Waals surface area contributed by atoms with Gasteiger partial charge < -0.3 is 19.5 Å². The average molecular weight is 495 g/mol. The van der Waals surface area contributed by atoms with Crippen LogP contribution in [0.3, 0.4) is 0 Å². The van der Waals surface area contributed by atoms with Crippen LogP contribution in [0.25, 0.3) is 11.1 Å². The highest BCUT2D eigenvalue weighted by molar-refractivity contribution is 5.85. The Morgan fingerprint density at radius 1 is 1.11 bits per heavy atom. The first-order chi connectivity index (χ1) is 17.5. The molecule has 1 N–H and O–H groups in total. The fraction of sp³-hybridized carbons (Fsp3) is 0.519. The number of nitrogens with zero attached hydrogens (tertiary/aromatic N) is 5. The van der Waals surface area contributed by atoms with Gasteiger partial charge in [-0.15, -0.1) is 0 Å². The van der Waals surface area contributed by atoms with E-state index in [2.05, 4.69) is 44.1 Å². The first-order valence-corrected chi connectivity index (χ1v) is 12.9. The molecule has 0 unspecified atom stereocenters. The summed E-state index contributed by atoms with van der Waals surface area (Å²) in [6, 6.07) is 4.75. The summed E-state index contributed by atoms with van der Waals surface area (Å²) in [5.74, 6) is 2.09. The molecule has 0 saturated carbocycles. The van der Waals surface area contributed by atoms with Gasteiger partial charge in [0.2, 0.25) is 0 Å². The molecule has 0 amide bonds. The van der Waals surface area contributed by atoms with Gasteiger partial charge in [0.05, 0.1) is 11.9 Å². The van der Waals surface area contributed by atoms with Crippen LogP contribution < -0.4 is 10.2 Å². The molecule has 3 aromatic rings. The molecule has 2 fully saturated rings. The van der Waals surface area contributed by atoms with E-state index in [1.165, 1.54) is 12.1 Å². The van der Waals surface area contributed by atoms with Crippen LogP contribution in [0.4, 0.5) is 21.6 Å². The van der Waals surface area contributed by atoms with E-state index in [1.807, 2.05) is 6.92 Å². The summed E-state index contributed by atoms with van der Waals surface area (Å²) in [6.07, 6.45) is 5.68. The van der Waals surface area contributed by atoms with E-state index < -0.39 is 0 Å². The zero-order valence-electron chi connectivity index (χ0n) is 21.3. The molecule has 36 heavy (non-hydrogen) atoms. The van der Waals surface area contributed by atoms with Gasteiger partial charge in [0.25, 0.3) is 0 Å². The second-order valence-corrected chi connectivity index (χ2v) is 10.1. The summed E-state index contributed by atoms with van der Waals surface area (Å²) in [6.45, 7) is 12.7. The predicted octanol–water partition coefficient (Wildman–Crippen LogP) is 4.99. The molecule has 192 valence electrons. The number of ether oxygens (including phenoxy) is 1. The number of aromatic nitrogens is 3. The Balaban J connectivity index is 1.35. The molecule has 8 nitrogen and oxygen atoms in total. The fourth-order valence-electron chi connectivity index (χ4n) is 5.19. The Bertz CT molecular complexity index is 1170. The topological polar surface area (TPSA) is 79.5 Å². The largest absolute Gasteiger partial charge is 0.381 e. The number of hydrogen-bond acceptors (Lipinski definition) is 8. The van der Waals surface area contributed by atoms with Crippen molar-refractivity contribution in [2.45, 2.75) is 39.5 Å². The van der Waals surface area contributed by atoms with Crippen molar-refractivity contribution in [2.75, 3.05) is 56.2 Å². The summed E-state index contributed by atoms with van der Waals surface area (Å²) in [4.78, 5) is 13.8. The van der Waals surface area contributed by atoms with Crippen LogP contribution in [0, 0.1) is 18.7 Å². The number of piperazine rings is 1. The minimum atomic E-state index is -0.309. The monoisotopic (exact) mass is 494 g/mol. The second kappa shape index (κ2) is 10.9. The third kappa shape index (κ3) is 5.37. The van der Waals surface area contributed by atoms with E-state index in [0.717, 1.165) is 93.1 Å². The van der Waals surface area contributed by atoms with E-state index in [9.17, 15) is 4.39 Å². The Morgan fingerprint density at radius 2 is 1.89 bits per heavy atom. The highest BCUT2D eigenvalue weighted by atomic mass is 19.1. The molecule has 0 atom stereocenters. The van der Waals surface area contributed by atoms with Gasteiger partial charge in [-0.05, 0) is 49.8 Å². The molecule has 1 aromatic carbocycles. The van der Waals surface area contributed by atoms with Crippen molar-refractivity contribution in [1.29, 1.82) is 0 Å². The highest BCUT2D eigenvalue weighted by Gasteiger charge is 2.25. The Kier molecular flexibility index (Phi) is 7.48. The van der Waals surface area contributed by atoms with Gasteiger partial charge >= 0.3 is 0 Å². The maximum absolute atomic E-state index is 14.4. The summed E-state index contributed by atoms with van der Waals surface area (Å²) in [7, 11) is 0. The molecule has 9 heteroatoms. The average Bonchev–Trinajstić information content (AvgIpc) is 3.28. The minimum absolute atomic E-state index is 0.140. The summed E-state index contributed by atoms with van der Waals surface area (Å²) < 4.78 is 25.4. The van der Waals surface area contributed by atoms with Gasteiger partial charge in [-0.3, -0.25) is 4.90 Å². The molecule has 2 aliphatic rings. The molecular weight excluding hydrogens is 459 g/mol. The normalized spacial score (nSPS) is 17.6. The van der Waals surface area contributed by atoms with Crippen molar-refractivity contribution in [1.82, 2.24) is 20.0 Å². The first-order valence-electron chi connectivity index (χ1n) is 12.9. The zero-order chi connectivity index (χ0) is 25.1. The molecule has 4 heterocycles. The number of nitrogens with one attached hydrogen (secondary N) is 1. The van der Waals surface area contributed by atoms with E-state index in [1.54, 1.807) is 18.6 Å². The van der Waals surface area contributed by atoms with Crippen molar-refractivity contribution >= 4 is 17.2 Å². The summed E-state index contributed by atoms with van der Waals surface area (Å²) in [5, 5.41) is 7.73. The molecule has 0 bridgehead atoms. The molecule has 2 saturated heterocycles. The van der Waals surface area contributed by atoms with Crippen molar-refractivity contribution < 1.29 is 13.7 Å². The highest BCUT2D eigenvalue weighted by Crippen LogP contribution is 2.39. The van der Waals surface area contributed by atoms with Crippen molar-refractivity contribution in [3.63, 3.8) is 0 Å². The van der Waals surface area contributed by atoms with E-state index in [0.29, 0.717) is 11.3 Å². The lowest BCUT2D eigenvalue weighted by molar-refractivity contribution is 0.0517. The summed E-state index contributed by atoms with van der Waals surface area (Å²) in [5.41, 5.74) is 3.91. The molecular formula is C27H35FN6O2. The van der Waals surface area contributed by atoms with Gasteiger partial charge in [0, 0.05) is 62.8 Å². The van der Waals surface area contributed by atoms with Crippen LogP contribution in [0.1, 0.15) is 44.1 Å². The molecule has 0 spiro atoms. The van der Waals surface area contributed by atoms with Gasteiger partial charge in [0.1, 0.15) is 23.6 Å². The third-order valence-corrected chi connectivity index (χ3v) is 7.18. The van der Waals surface area contributed by atoms with Crippen LogP contribution in [0.5, 0.6) is 0 Å². The van der Waals surface area contributed by atoms with Crippen molar-refractivity contribution in [2.24, 2.45) is 5.92 Å². The van der Waals surface area contributed by atoms with Crippen LogP contribution >= 0.6 is 0 Å². The maximum atomic E-state index is 14.4. The second-order valence-electron chi connectivity index (χ2n) is 10.1. The Labute approximate surface area is 211 Å². The lowest BCUT2D eigenvalue weighted by atomic mass is 9.96. The number of benzene rings is 1. The quantitative estimate of drug-likeness (QED) is 0.492. The van der Waals surface area contributed by atoms with Gasteiger partial charge in [-0.1, -0.05) is 19.0 Å². The van der Waals surface area contributed by atoms with E-state index in [4.69, 9.17) is 9.26 Å². The molecule has 5 rings (SSSR count). The molecule has 2 aliphatic heterocycles. The van der Waals surface area contributed by atoms with Gasteiger partial charge in [0.15, 0.2) is 5.82 Å². The standard InChI is InChI=1S/C27H35FN6O2/c1-18(2)26-25(19(3)36-32-26)22-14-21(28)4-5-23(22)31-24-15-29-17-30-27(24)34-10-8-33(9-11-34)16-20-6-12-35-13-7-20/h4-5,14-15,17-18,20,31H,6-13,16H2,1-3H3. The number of rotatable bonds is 7. The van der Waals surface area contributed by atoms with Crippen molar-refractivity contribution in [3.05, 3.63) is 48.0 Å². The lowest BCUT2D eigenvalue weighted by Gasteiger charge is -2.38. The lowest BCUT2D eigenvalue weighted by Crippen LogP contribution is -2.48. The number of anilines is 3. The summed E-state index contributed by atoms with van der Waals surface area (Å²) >= 11 is 0. The number of hydrogen-bond donors (Lipinski definition) is 1. The van der Waals surface area contributed by atoms with Gasteiger partial charge in [-0.2, -0.15) is 0 Å². The Hall–Kier alpha value is -3.04. The Morgan fingerprint density at radius 3 is 2.64 bits per heavy atom. The van der Waals surface area contributed by atoms with Crippen LogP contribution in [0.15, 0.2) is 35.2 Å². The first kappa shape index (κ1) is 24.6. The van der Waals surface area contributed by atoms with Crippen LogP contribution in [0.2, 0.25) is 0 Å². The van der Waals surface area contributed by atoms with E-state index in [-0.39, 0.29) is 11.7 Å². The minimum Gasteiger partial charge on any atom is -0.381 e. The molecule has 0 radical (unpaired) electrons. The van der Waals surface area contributed by atoms with E-state index >= 15 is 0 Å². The third-order valence-electron chi connectivity index (χ3n) is 7.18. The molecule has 0 aliphatic carbocycles. The maximum Gasteiger partial charge on any atom is 0.155 e. The van der Waals surface area contributed by atoms with Gasteiger partial charge in [-0.25, -0.2) is 14.4 Å². The number of halogens is 1.